The first-order chi connectivity index (χ1) is 10.6. The summed E-state index contributed by atoms with van der Waals surface area (Å²) in [7, 11) is 1.53. The largest absolute Gasteiger partial charge is 0.281 e. The summed E-state index contributed by atoms with van der Waals surface area (Å²) in [5.74, 6) is -1.20. The van der Waals surface area contributed by atoms with Crippen molar-refractivity contribution in [3.8, 4) is 11.3 Å². The molecule has 6 heteroatoms. The number of fused-ring (bicyclic) bond motifs is 1. The topological polar surface area (TPSA) is 17.8 Å². The SMILES string of the molecule is CC.Cc1cn(SI)c2ccc(-c3c(F)cccc3F)nc12. The summed E-state index contributed by atoms with van der Waals surface area (Å²) >= 11 is 2.18. The lowest BCUT2D eigenvalue weighted by molar-refractivity contribution is 0.589. The van der Waals surface area contributed by atoms with Crippen LogP contribution in [0.1, 0.15) is 19.4 Å². The lowest BCUT2D eigenvalue weighted by Crippen LogP contribution is -1.93. The number of hydrogen-bond donors (Lipinski definition) is 0. The average Bonchev–Trinajstić information content (AvgIpc) is 2.85. The number of aryl methyl sites for hydroxylation is 1. The van der Waals surface area contributed by atoms with Crippen molar-refractivity contribution in [2.45, 2.75) is 20.8 Å². The summed E-state index contributed by atoms with van der Waals surface area (Å²) in [6, 6.07) is 7.31. The van der Waals surface area contributed by atoms with Gasteiger partial charge in [-0.15, -0.1) is 0 Å². The van der Waals surface area contributed by atoms with Crippen LogP contribution in [0.4, 0.5) is 8.78 Å². The van der Waals surface area contributed by atoms with Crippen LogP contribution in [0.15, 0.2) is 36.5 Å². The molecule has 0 atom stereocenters. The monoisotopic (exact) mass is 432 g/mol. The first-order valence-electron chi connectivity index (χ1n) is 6.84. The van der Waals surface area contributed by atoms with Crippen molar-refractivity contribution >= 4 is 41.4 Å². The second-order valence-corrected chi connectivity index (χ2v) is 6.08. The van der Waals surface area contributed by atoms with Gasteiger partial charge in [0.05, 0.1) is 22.3 Å². The zero-order valence-electron chi connectivity index (χ0n) is 12.4. The maximum Gasteiger partial charge on any atom is 0.135 e. The van der Waals surface area contributed by atoms with Crippen molar-refractivity contribution in [2.24, 2.45) is 0 Å². The summed E-state index contributed by atoms with van der Waals surface area (Å²) in [6.45, 7) is 5.93. The molecule has 0 saturated heterocycles. The molecule has 3 rings (SSSR count). The minimum atomic E-state index is -0.600. The first kappa shape index (κ1) is 17.2. The van der Waals surface area contributed by atoms with E-state index in [1.807, 2.05) is 37.0 Å². The number of pyridine rings is 1. The second-order valence-electron chi connectivity index (χ2n) is 4.37. The van der Waals surface area contributed by atoms with E-state index in [1.165, 1.54) is 27.3 Å². The molecule has 0 N–H and O–H groups in total. The summed E-state index contributed by atoms with van der Waals surface area (Å²) in [6.07, 6.45) is 1.95. The third kappa shape index (κ3) is 3.12. The van der Waals surface area contributed by atoms with Crippen LogP contribution >= 0.6 is 30.3 Å². The number of rotatable bonds is 2. The van der Waals surface area contributed by atoms with Crippen LogP contribution in [0.2, 0.25) is 0 Å². The van der Waals surface area contributed by atoms with Gasteiger partial charge in [0.2, 0.25) is 0 Å². The highest BCUT2D eigenvalue weighted by Crippen LogP contribution is 2.30. The standard InChI is InChI=1S/C14H9F2IN2S.C2H6/c1-8-7-19(20-17)12-6-5-11(18-14(8)12)13-9(15)3-2-4-10(13)16;1-2/h2-7H,1H3;1-2H3. The fourth-order valence-corrected chi connectivity index (χ4v) is 3.56. The minimum absolute atomic E-state index is 0.0799. The van der Waals surface area contributed by atoms with E-state index in [0.717, 1.165) is 16.6 Å². The second kappa shape index (κ2) is 7.41. The minimum Gasteiger partial charge on any atom is -0.281 e. The van der Waals surface area contributed by atoms with Gasteiger partial charge in [0, 0.05) is 36.5 Å². The van der Waals surface area contributed by atoms with Gasteiger partial charge in [-0.1, -0.05) is 19.9 Å². The van der Waals surface area contributed by atoms with Crippen LogP contribution in [-0.2, 0) is 0 Å². The molecule has 0 spiro atoms. The van der Waals surface area contributed by atoms with E-state index in [2.05, 4.69) is 26.2 Å². The predicted molar refractivity (Wildman–Crippen MR) is 98.2 cm³/mol. The molecule has 0 unspecified atom stereocenters. The molecule has 3 aromatic rings. The van der Waals surface area contributed by atoms with Gasteiger partial charge in [-0.3, -0.25) is 3.97 Å². The van der Waals surface area contributed by atoms with E-state index < -0.39 is 11.6 Å². The fraction of sp³-hybridized carbons (Fsp3) is 0.188. The summed E-state index contributed by atoms with van der Waals surface area (Å²) < 4.78 is 29.6. The van der Waals surface area contributed by atoms with Crippen molar-refractivity contribution in [3.63, 3.8) is 0 Å². The van der Waals surface area contributed by atoms with Crippen LogP contribution in [0.5, 0.6) is 0 Å². The Hall–Kier alpha value is -1.15. The fourth-order valence-electron chi connectivity index (χ4n) is 2.17. The molecule has 0 fully saturated rings. The number of halogens is 3. The van der Waals surface area contributed by atoms with Crippen molar-refractivity contribution in [1.29, 1.82) is 0 Å². The van der Waals surface area contributed by atoms with Gasteiger partial charge < -0.3 is 0 Å². The normalized spacial score (nSPS) is 10.5. The van der Waals surface area contributed by atoms with E-state index in [9.17, 15) is 8.78 Å². The zero-order chi connectivity index (χ0) is 16.3. The third-order valence-corrected chi connectivity index (χ3v) is 4.81. The Morgan fingerprint density at radius 3 is 2.32 bits per heavy atom. The van der Waals surface area contributed by atoms with Crippen LogP contribution in [0.3, 0.4) is 0 Å². The van der Waals surface area contributed by atoms with Gasteiger partial charge in [0.25, 0.3) is 0 Å². The van der Waals surface area contributed by atoms with Crippen molar-refractivity contribution in [1.82, 2.24) is 8.96 Å². The van der Waals surface area contributed by atoms with E-state index >= 15 is 0 Å². The van der Waals surface area contributed by atoms with Gasteiger partial charge in [0.1, 0.15) is 11.6 Å². The molecule has 0 aliphatic carbocycles. The first-order valence-corrected chi connectivity index (χ1v) is 10.2. The highest BCUT2D eigenvalue weighted by molar-refractivity contribution is 14.2. The van der Waals surface area contributed by atoms with E-state index in [4.69, 9.17) is 0 Å². The van der Waals surface area contributed by atoms with E-state index in [0.29, 0.717) is 5.69 Å². The summed E-state index contributed by atoms with van der Waals surface area (Å²) in [5.41, 5.74) is 2.90. The Labute approximate surface area is 144 Å². The Morgan fingerprint density at radius 2 is 1.73 bits per heavy atom. The molecule has 22 heavy (non-hydrogen) atoms. The Morgan fingerprint density at radius 1 is 1.09 bits per heavy atom. The Balaban J connectivity index is 0.000000847. The lowest BCUT2D eigenvalue weighted by atomic mass is 10.1. The summed E-state index contributed by atoms with van der Waals surface area (Å²) in [5, 5.41) is 0. The van der Waals surface area contributed by atoms with Gasteiger partial charge in [-0.25, -0.2) is 13.8 Å². The highest BCUT2D eigenvalue weighted by atomic mass is 127. The van der Waals surface area contributed by atoms with Gasteiger partial charge in [0.15, 0.2) is 0 Å². The quantitative estimate of drug-likeness (QED) is 0.452. The number of benzene rings is 1. The average molecular weight is 432 g/mol. The van der Waals surface area contributed by atoms with Crippen LogP contribution < -0.4 is 0 Å². The van der Waals surface area contributed by atoms with Crippen LogP contribution in [-0.4, -0.2) is 8.96 Å². The molecular formula is C16H15F2IN2S. The van der Waals surface area contributed by atoms with Gasteiger partial charge in [-0.05, 0) is 36.8 Å². The molecule has 0 saturated carbocycles. The molecule has 1 aromatic carbocycles. The molecule has 2 aromatic heterocycles. The smallest absolute Gasteiger partial charge is 0.135 e. The predicted octanol–water partition coefficient (Wildman–Crippen LogP) is 6.16. The number of hydrogen-bond acceptors (Lipinski definition) is 2. The molecule has 0 radical (unpaired) electrons. The summed E-state index contributed by atoms with van der Waals surface area (Å²) in [4.78, 5) is 4.42. The number of nitrogens with zero attached hydrogens (tertiary/aromatic N) is 2. The third-order valence-electron chi connectivity index (χ3n) is 3.09. The van der Waals surface area contributed by atoms with E-state index in [-0.39, 0.29) is 5.56 Å². The maximum atomic E-state index is 13.8. The maximum absolute atomic E-state index is 13.8. The molecular weight excluding hydrogens is 417 g/mol. The zero-order valence-corrected chi connectivity index (χ0v) is 15.4. The lowest BCUT2D eigenvalue weighted by Gasteiger charge is -2.05. The Bertz CT molecular complexity index is 782. The van der Waals surface area contributed by atoms with Crippen molar-refractivity contribution < 1.29 is 8.78 Å². The van der Waals surface area contributed by atoms with E-state index in [1.54, 1.807) is 6.07 Å². The molecule has 0 bridgehead atoms. The van der Waals surface area contributed by atoms with Crippen molar-refractivity contribution in [2.75, 3.05) is 0 Å². The van der Waals surface area contributed by atoms with Gasteiger partial charge in [-0.2, -0.15) is 0 Å². The van der Waals surface area contributed by atoms with Crippen LogP contribution in [0.25, 0.3) is 22.3 Å². The highest BCUT2D eigenvalue weighted by Gasteiger charge is 2.14. The number of aromatic nitrogens is 2. The Kier molecular flexibility index (Phi) is 5.80. The molecule has 0 aliphatic rings. The van der Waals surface area contributed by atoms with Crippen molar-refractivity contribution in [3.05, 3.63) is 53.7 Å². The molecule has 2 heterocycles. The molecule has 0 amide bonds. The molecule has 116 valence electrons. The molecule has 2 nitrogen and oxygen atoms in total. The molecule has 0 aliphatic heterocycles. The van der Waals surface area contributed by atoms with Gasteiger partial charge >= 0.3 is 0 Å². The van der Waals surface area contributed by atoms with Crippen LogP contribution in [0, 0.1) is 18.6 Å².